The quantitative estimate of drug-likeness (QED) is 0.625. The number of rotatable bonds is 7. The first-order valence-corrected chi connectivity index (χ1v) is 7.35. The van der Waals surface area contributed by atoms with Crippen molar-refractivity contribution in [2.75, 3.05) is 11.9 Å². The molecule has 2 aromatic carbocycles. The number of para-hydroxylation sites is 2. The van der Waals surface area contributed by atoms with Gasteiger partial charge in [0.1, 0.15) is 11.4 Å². The van der Waals surface area contributed by atoms with Gasteiger partial charge in [-0.25, -0.2) is 0 Å². The molecule has 0 aliphatic rings. The van der Waals surface area contributed by atoms with Crippen LogP contribution in [-0.4, -0.2) is 17.4 Å². The fourth-order valence-electron chi connectivity index (χ4n) is 2.03. The van der Waals surface area contributed by atoms with Crippen LogP contribution in [0.3, 0.4) is 0 Å². The van der Waals surface area contributed by atoms with Crippen molar-refractivity contribution >= 4 is 17.3 Å². The molecule has 0 aliphatic heterocycles. The minimum Gasteiger partial charge on any atom is -0.493 e. The summed E-state index contributed by atoms with van der Waals surface area (Å²) in [7, 11) is 0. The summed E-state index contributed by atoms with van der Waals surface area (Å²) in [5.41, 5.74) is 1.28. The molecule has 0 spiro atoms. The molecule has 23 heavy (non-hydrogen) atoms. The van der Waals surface area contributed by atoms with Crippen LogP contribution in [0.25, 0.3) is 0 Å². The van der Waals surface area contributed by atoms with Crippen molar-refractivity contribution in [3.63, 3.8) is 0 Å². The maximum Gasteiger partial charge on any atom is 0.292 e. The number of hydrogen-bond acceptors (Lipinski definition) is 4. The lowest BCUT2D eigenvalue weighted by molar-refractivity contribution is -0.383. The highest BCUT2D eigenvalue weighted by atomic mass is 16.6. The number of nitro benzene ring substituents is 1. The Morgan fingerprint density at radius 2 is 1.87 bits per heavy atom. The van der Waals surface area contributed by atoms with Gasteiger partial charge >= 0.3 is 0 Å². The van der Waals surface area contributed by atoms with E-state index in [1.807, 2.05) is 24.3 Å². The van der Waals surface area contributed by atoms with Crippen LogP contribution in [0, 0.1) is 10.1 Å². The molecule has 0 saturated heterocycles. The Morgan fingerprint density at radius 1 is 1.17 bits per heavy atom. The number of nitrogens with one attached hydrogen (secondary N) is 1. The van der Waals surface area contributed by atoms with Crippen molar-refractivity contribution in [2.24, 2.45) is 0 Å². The van der Waals surface area contributed by atoms with Crippen molar-refractivity contribution in [1.82, 2.24) is 0 Å². The van der Waals surface area contributed by atoms with E-state index in [9.17, 15) is 14.9 Å². The fourth-order valence-corrected chi connectivity index (χ4v) is 2.03. The molecule has 120 valence electrons. The molecule has 0 aromatic heterocycles. The maximum absolute atomic E-state index is 11.9. The van der Waals surface area contributed by atoms with Crippen LogP contribution in [0.2, 0.25) is 0 Å². The van der Waals surface area contributed by atoms with Gasteiger partial charge in [0.05, 0.1) is 18.0 Å². The van der Waals surface area contributed by atoms with Gasteiger partial charge in [0.25, 0.3) is 5.69 Å². The van der Waals surface area contributed by atoms with Crippen molar-refractivity contribution in [2.45, 2.75) is 19.8 Å². The monoisotopic (exact) mass is 314 g/mol. The second kappa shape index (κ2) is 7.93. The summed E-state index contributed by atoms with van der Waals surface area (Å²) in [6.45, 7) is 2.28. The molecule has 1 N–H and O–H groups in total. The molecule has 0 aliphatic carbocycles. The first-order chi connectivity index (χ1) is 11.1. The van der Waals surface area contributed by atoms with Crippen LogP contribution >= 0.6 is 0 Å². The van der Waals surface area contributed by atoms with Crippen LogP contribution in [0.1, 0.15) is 18.9 Å². The van der Waals surface area contributed by atoms with Crippen LogP contribution in [0.15, 0.2) is 48.5 Å². The molecule has 2 rings (SSSR count). The van der Waals surface area contributed by atoms with E-state index in [1.165, 1.54) is 17.7 Å². The highest BCUT2D eigenvalue weighted by Crippen LogP contribution is 2.23. The van der Waals surface area contributed by atoms with E-state index < -0.39 is 4.92 Å². The van der Waals surface area contributed by atoms with Gasteiger partial charge in [-0.15, -0.1) is 0 Å². The third-order valence-corrected chi connectivity index (χ3v) is 3.30. The number of hydrogen-bond donors (Lipinski definition) is 1. The summed E-state index contributed by atoms with van der Waals surface area (Å²) in [5.74, 6) is 0.366. The van der Waals surface area contributed by atoms with Gasteiger partial charge in [0, 0.05) is 6.07 Å². The molecule has 1 amide bonds. The lowest BCUT2D eigenvalue weighted by atomic mass is 10.2. The number of anilines is 1. The SMILES string of the molecule is CCc1ccc(OCCC(=O)Nc2ccccc2[N+](=O)[O-])cc1. The zero-order chi connectivity index (χ0) is 16.7. The highest BCUT2D eigenvalue weighted by molar-refractivity contribution is 5.93. The number of ether oxygens (including phenoxy) is 1. The molecule has 2 aromatic rings. The Labute approximate surface area is 134 Å². The fraction of sp³-hybridized carbons (Fsp3) is 0.235. The first kappa shape index (κ1) is 16.5. The third-order valence-electron chi connectivity index (χ3n) is 3.30. The van der Waals surface area contributed by atoms with E-state index in [0.29, 0.717) is 5.75 Å². The molecule has 6 heteroatoms. The Kier molecular flexibility index (Phi) is 5.68. The first-order valence-electron chi connectivity index (χ1n) is 7.35. The van der Waals surface area contributed by atoms with Gasteiger partial charge in [0.15, 0.2) is 0 Å². The number of amides is 1. The normalized spacial score (nSPS) is 10.1. The average Bonchev–Trinajstić information content (AvgIpc) is 2.56. The Morgan fingerprint density at radius 3 is 2.52 bits per heavy atom. The van der Waals surface area contributed by atoms with E-state index in [1.54, 1.807) is 12.1 Å². The lowest BCUT2D eigenvalue weighted by Gasteiger charge is -2.08. The number of nitro groups is 1. The smallest absolute Gasteiger partial charge is 0.292 e. The van der Waals surface area contributed by atoms with E-state index in [2.05, 4.69) is 12.2 Å². The molecule has 0 atom stereocenters. The zero-order valence-corrected chi connectivity index (χ0v) is 12.8. The van der Waals surface area contributed by atoms with Gasteiger partial charge < -0.3 is 10.1 Å². The molecule has 0 unspecified atom stereocenters. The number of carbonyl (C=O) groups excluding carboxylic acids is 1. The second-order valence-corrected chi connectivity index (χ2v) is 4.92. The summed E-state index contributed by atoms with van der Waals surface area (Å²) in [6, 6.07) is 13.7. The van der Waals surface area contributed by atoms with E-state index in [-0.39, 0.29) is 30.3 Å². The largest absolute Gasteiger partial charge is 0.493 e. The van der Waals surface area contributed by atoms with E-state index >= 15 is 0 Å². The van der Waals surface area contributed by atoms with Gasteiger partial charge in [-0.05, 0) is 30.2 Å². The van der Waals surface area contributed by atoms with Crippen LogP contribution in [-0.2, 0) is 11.2 Å². The minimum absolute atomic E-state index is 0.113. The molecule has 0 saturated carbocycles. The summed E-state index contributed by atoms with van der Waals surface area (Å²) < 4.78 is 5.50. The van der Waals surface area contributed by atoms with Crippen molar-refractivity contribution in [1.29, 1.82) is 0 Å². The van der Waals surface area contributed by atoms with Gasteiger partial charge in [0.2, 0.25) is 5.91 Å². The minimum atomic E-state index is -0.526. The molecule has 0 heterocycles. The van der Waals surface area contributed by atoms with E-state index in [4.69, 9.17) is 4.74 Å². The van der Waals surface area contributed by atoms with Crippen LogP contribution < -0.4 is 10.1 Å². The van der Waals surface area contributed by atoms with Crippen molar-refractivity contribution < 1.29 is 14.5 Å². The molecule has 0 radical (unpaired) electrons. The van der Waals surface area contributed by atoms with Crippen molar-refractivity contribution in [3.8, 4) is 5.75 Å². The highest BCUT2D eigenvalue weighted by Gasteiger charge is 2.14. The number of benzene rings is 2. The average molecular weight is 314 g/mol. The summed E-state index contributed by atoms with van der Waals surface area (Å²) in [6.07, 6.45) is 1.07. The Balaban J connectivity index is 1.84. The summed E-state index contributed by atoms with van der Waals surface area (Å²) >= 11 is 0. The lowest BCUT2D eigenvalue weighted by Crippen LogP contribution is -2.16. The topological polar surface area (TPSA) is 81.5 Å². The second-order valence-electron chi connectivity index (χ2n) is 4.92. The standard InChI is InChI=1S/C17H18N2O4/c1-2-13-7-9-14(10-8-13)23-12-11-17(20)18-15-5-3-4-6-16(15)19(21)22/h3-10H,2,11-12H2,1H3,(H,18,20). The van der Waals surface area contributed by atoms with Crippen LogP contribution in [0.5, 0.6) is 5.75 Å². The third kappa shape index (κ3) is 4.81. The van der Waals surface area contributed by atoms with E-state index in [0.717, 1.165) is 6.42 Å². The molecule has 0 fully saturated rings. The Bertz CT molecular complexity index is 683. The number of aryl methyl sites for hydroxylation is 1. The van der Waals surface area contributed by atoms with Crippen molar-refractivity contribution in [3.05, 3.63) is 64.2 Å². The van der Waals surface area contributed by atoms with Gasteiger partial charge in [-0.3, -0.25) is 14.9 Å². The summed E-state index contributed by atoms with van der Waals surface area (Å²) in [4.78, 5) is 22.2. The predicted molar refractivity (Wildman–Crippen MR) is 87.7 cm³/mol. The summed E-state index contributed by atoms with van der Waals surface area (Å²) in [5, 5.41) is 13.4. The molecule has 0 bridgehead atoms. The number of nitrogens with zero attached hydrogens (tertiary/aromatic N) is 1. The van der Waals surface area contributed by atoms with Crippen LogP contribution in [0.4, 0.5) is 11.4 Å². The number of carbonyl (C=O) groups is 1. The zero-order valence-electron chi connectivity index (χ0n) is 12.8. The molecular weight excluding hydrogens is 296 g/mol. The molecule has 6 nitrogen and oxygen atoms in total. The van der Waals surface area contributed by atoms with Gasteiger partial charge in [-0.1, -0.05) is 31.2 Å². The Hall–Kier alpha value is -2.89. The predicted octanol–water partition coefficient (Wildman–Crippen LogP) is 3.56. The maximum atomic E-state index is 11.9. The molecular formula is C17H18N2O4. The van der Waals surface area contributed by atoms with Gasteiger partial charge in [-0.2, -0.15) is 0 Å².